The van der Waals surface area contributed by atoms with Crippen molar-refractivity contribution in [2.75, 3.05) is 22.2 Å². The van der Waals surface area contributed by atoms with Crippen LogP contribution < -0.4 is 10.6 Å². The quantitative estimate of drug-likeness (QED) is 0.0268. The lowest BCUT2D eigenvalue weighted by atomic mass is 9.77. The van der Waals surface area contributed by atoms with Crippen molar-refractivity contribution >= 4 is 74.6 Å². The molecule has 1 saturated heterocycles. The average Bonchev–Trinajstić information content (AvgIpc) is 3.80. The molecule has 0 radical (unpaired) electrons. The lowest BCUT2D eigenvalue weighted by Gasteiger charge is -2.49. The van der Waals surface area contributed by atoms with Gasteiger partial charge in [-0.1, -0.05) is 174 Å². The summed E-state index contributed by atoms with van der Waals surface area (Å²) < 4.78 is 27.7. The maximum absolute atomic E-state index is 15.2. The number of hydrogen-bond acceptors (Lipinski definition) is 10. The summed E-state index contributed by atoms with van der Waals surface area (Å²) in [6.07, 6.45) is -4.53. The number of esters is 1. The van der Waals surface area contributed by atoms with Gasteiger partial charge in [-0.25, -0.2) is 19.0 Å². The molecule has 63 heavy (non-hydrogen) atoms. The fourth-order valence-electron chi connectivity index (χ4n) is 7.78. The van der Waals surface area contributed by atoms with Crippen LogP contribution >= 0.6 is 45.7 Å². The number of carboxylic acids is 1. The third-order valence-corrected chi connectivity index (χ3v) is 13.8. The van der Waals surface area contributed by atoms with Gasteiger partial charge in [0.25, 0.3) is 11.8 Å². The highest BCUT2D eigenvalue weighted by Gasteiger charge is 2.54. The number of ether oxygens (including phenoxy) is 2. The first-order chi connectivity index (χ1) is 30.7. The van der Waals surface area contributed by atoms with Gasteiger partial charge in [0, 0.05) is 15.6 Å². The Bertz CT molecular complexity index is 2450. The van der Waals surface area contributed by atoms with Crippen LogP contribution in [-0.4, -0.2) is 73.1 Å². The molecule has 8 rings (SSSR count). The molecule has 0 aliphatic carbocycles. The Kier molecular flexibility index (Phi) is 13.7. The summed E-state index contributed by atoms with van der Waals surface area (Å²) in [4.78, 5) is 60.4. The molecule has 0 bridgehead atoms. The Hall–Kier alpha value is -5.88. The summed E-state index contributed by atoms with van der Waals surface area (Å²) >= 11 is 4.56. The van der Waals surface area contributed by atoms with Gasteiger partial charge in [-0.3, -0.25) is 14.5 Å². The molecule has 15 heteroatoms. The van der Waals surface area contributed by atoms with E-state index in [1.807, 2.05) is 103 Å². The lowest BCUT2D eigenvalue weighted by molar-refractivity contribution is -0.170. The van der Waals surface area contributed by atoms with E-state index in [4.69, 9.17) is 14.5 Å². The number of nitrogens with zero attached hydrogens (tertiary/aromatic N) is 2. The first-order valence-electron chi connectivity index (χ1n) is 19.9. The smallest absolute Gasteiger partial charge is 0.352 e. The molecule has 2 aliphatic heterocycles. The van der Waals surface area contributed by atoms with Crippen LogP contribution in [0.3, 0.4) is 0 Å². The van der Waals surface area contributed by atoms with Crippen molar-refractivity contribution in [3.8, 4) is 0 Å². The molecule has 6 aromatic rings. The standard InChI is InChI=1S/C48H40FIN4O7S2/c49-26-37(46(59)61-40(30-16-6-1-7-17-30)31-18-8-2-9-19-31)60-41(42(55)52-38-43(56)54-39(45(57)58)32(27-50)28-62-44(38)54)36-29-63-47(51-36)53-48(33-20-10-3-11-21-33,34-22-12-4-13-23-34)35-24-14-5-15-25-35/h1-25,29,37-38,40-41,44H,26-28H2,(H,51,53)(H,52,55)(H,57,58)/t37?,38?,41?,44-/m0/s1. The second-order valence-electron chi connectivity index (χ2n) is 14.6. The van der Waals surface area contributed by atoms with Crippen LogP contribution in [0.25, 0.3) is 0 Å². The number of anilines is 1. The van der Waals surface area contributed by atoms with E-state index < -0.39 is 65.7 Å². The highest BCUT2D eigenvalue weighted by atomic mass is 127. The predicted octanol–water partition coefficient (Wildman–Crippen LogP) is 8.45. The number of hydrogen-bond donors (Lipinski definition) is 3. The third kappa shape index (κ3) is 9.00. The highest BCUT2D eigenvalue weighted by Crippen LogP contribution is 2.43. The molecule has 3 heterocycles. The topological polar surface area (TPSA) is 147 Å². The van der Waals surface area contributed by atoms with Gasteiger partial charge in [0.15, 0.2) is 23.4 Å². The van der Waals surface area contributed by atoms with E-state index in [-0.39, 0.29) is 11.4 Å². The average molecular weight is 995 g/mol. The van der Waals surface area contributed by atoms with E-state index in [1.165, 1.54) is 28.0 Å². The Morgan fingerprint density at radius 1 is 0.825 bits per heavy atom. The minimum absolute atomic E-state index is 0.0373. The summed E-state index contributed by atoms with van der Waals surface area (Å²) in [5.41, 5.74) is 3.51. The minimum atomic E-state index is -1.89. The Morgan fingerprint density at radius 3 is 1.81 bits per heavy atom. The van der Waals surface area contributed by atoms with E-state index in [0.717, 1.165) is 16.7 Å². The molecule has 1 aromatic heterocycles. The number of amides is 2. The predicted molar refractivity (Wildman–Crippen MR) is 248 cm³/mol. The van der Waals surface area contributed by atoms with Crippen LogP contribution in [-0.2, 0) is 34.2 Å². The molecule has 3 unspecified atom stereocenters. The zero-order chi connectivity index (χ0) is 43.9. The van der Waals surface area contributed by atoms with Crippen LogP contribution in [0, 0.1) is 0 Å². The van der Waals surface area contributed by atoms with Gasteiger partial charge in [-0.2, -0.15) is 0 Å². The summed E-state index contributed by atoms with van der Waals surface area (Å²) in [6, 6.07) is 46.3. The molecule has 0 spiro atoms. The van der Waals surface area contributed by atoms with Gasteiger partial charge in [0.05, 0.1) is 5.69 Å². The Labute approximate surface area is 384 Å². The monoisotopic (exact) mass is 994 g/mol. The van der Waals surface area contributed by atoms with Gasteiger partial charge in [-0.15, -0.1) is 23.1 Å². The van der Waals surface area contributed by atoms with Crippen LogP contribution in [0.2, 0.25) is 0 Å². The lowest BCUT2D eigenvalue weighted by Crippen LogP contribution is -2.71. The van der Waals surface area contributed by atoms with E-state index >= 15 is 4.39 Å². The van der Waals surface area contributed by atoms with Crippen molar-refractivity contribution in [2.24, 2.45) is 0 Å². The molecular weight excluding hydrogens is 955 g/mol. The normalized spacial score (nSPS) is 17.0. The molecular formula is C48H40FIN4O7S2. The Balaban J connectivity index is 1.14. The second kappa shape index (κ2) is 19.7. The number of alkyl halides is 2. The molecule has 2 aliphatic rings. The first kappa shape index (κ1) is 43.8. The molecule has 4 atom stereocenters. The number of halogens is 2. The molecule has 3 N–H and O–H groups in total. The summed E-state index contributed by atoms with van der Waals surface area (Å²) in [5, 5.41) is 17.6. The van der Waals surface area contributed by atoms with Crippen molar-refractivity contribution in [1.29, 1.82) is 0 Å². The number of aliphatic carboxylic acids is 1. The van der Waals surface area contributed by atoms with Gasteiger partial charge < -0.3 is 25.2 Å². The van der Waals surface area contributed by atoms with Gasteiger partial charge in [-0.05, 0) is 33.4 Å². The van der Waals surface area contributed by atoms with E-state index in [9.17, 15) is 24.3 Å². The van der Waals surface area contributed by atoms with Crippen molar-refractivity contribution in [1.82, 2.24) is 15.2 Å². The Morgan fingerprint density at radius 2 is 1.33 bits per heavy atom. The van der Waals surface area contributed by atoms with E-state index in [2.05, 4.69) is 33.2 Å². The number of benzene rings is 5. The number of nitrogens with one attached hydrogen (secondary N) is 2. The van der Waals surface area contributed by atoms with Crippen LogP contribution in [0.4, 0.5) is 9.52 Å². The summed E-state index contributed by atoms with van der Waals surface area (Å²) in [7, 11) is 0. The maximum Gasteiger partial charge on any atom is 0.352 e. The first-order valence-corrected chi connectivity index (χ1v) is 23.4. The fraction of sp³-hybridized carbons (Fsp3) is 0.188. The van der Waals surface area contributed by atoms with Crippen LogP contribution in [0.15, 0.2) is 168 Å². The molecule has 5 aromatic carbocycles. The minimum Gasteiger partial charge on any atom is -0.477 e. The number of β-lactam (4-membered cyclic amide) rings is 1. The van der Waals surface area contributed by atoms with Crippen LogP contribution in [0.5, 0.6) is 0 Å². The highest BCUT2D eigenvalue weighted by molar-refractivity contribution is 14.1. The third-order valence-electron chi connectivity index (χ3n) is 10.8. The van der Waals surface area contributed by atoms with Gasteiger partial charge in [0.2, 0.25) is 0 Å². The van der Waals surface area contributed by atoms with Crippen molar-refractivity contribution in [3.63, 3.8) is 0 Å². The fourth-order valence-corrected chi connectivity index (χ4v) is 10.9. The summed E-state index contributed by atoms with van der Waals surface area (Å²) in [5.74, 6) is -3.44. The van der Waals surface area contributed by atoms with E-state index in [0.29, 0.717) is 32.0 Å². The van der Waals surface area contributed by atoms with Crippen LogP contribution in [0.1, 0.15) is 45.7 Å². The number of aromatic nitrogens is 1. The van der Waals surface area contributed by atoms with Crippen molar-refractivity contribution < 1.29 is 38.1 Å². The molecule has 320 valence electrons. The number of fused-ring (bicyclic) bond motifs is 1. The number of carbonyl (C=O) groups excluding carboxylic acids is 3. The largest absolute Gasteiger partial charge is 0.477 e. The molecule has 11 nitrogen and oxygen atoms in total. The summed E-state index contributed by atoms with van der Waals surface area (Å²) in [6.45, 7) is -1.35. The molecule has 2 amide bonds. The number of carboxylic acid groups (broad SMARTS) is 1. The van der Waals surface area contributed by atoms with Gasteiger partial charge >= 0.3 is 11.9 Å². The number of thioether (sulfide) groups is 1. The molecule has 0 saturated carbocycles. The zero-order valence-electron chi connectivity index (χ0n) is 33.4. The SMILES string of the molecule is O=C(O)C1=C(CI)CS[C@H]2C(NC(=O)C(OC(CF)C(=O)OC(c3ccccc3)c3ccccc3)c3csc(NC(c4ccccc4)(c4ccccc4)c4ccccc4)n3)C(=O)N12. The second-order valence-corrected chi connectivity index (χ2v) is 17.4. The van der Waals surface area contributed by atoms with Gasteiger partial charge in [0.1, 0.15) is 29.3 Å². The zero-order valence-corrected chi connectivity index (χ0v) is 37.2. The van der Waals surface area contributed by atoms with Crippen molar-refractivity contribution in [2.45, 2.75) is 35.3 Å². The number of carbonyl (C=O) groups is 4. The maximum atomic E-state index is 15.2. The number of thiazole rings is 1. The number of rotatable bonds is 17. The molecule has 1 fully saturated rings. The van der Waals surface area contributed by atoms with E-state index in [1.54, 1.807) is 53.9 Å². The van der Waals surface area contributed by atoms with Crippen molar-refractivity contribution in [3.05, 3.63) is 202 Å².